The molecule has 2 fully saturated rings. The third-order valence-corrected chi connectivity index (χ3v) is 8.68. The molecule has 1 aromatic carbocycles. The molecule has 184 valence electrons. The smallest absolute Gasteiger partial charge is 0.270 e. The number of rotatable bonds is 5. The van der Waals surface area contributed by atoms with E-state index >= 15 is 0 Å². The van der Waals surface area contributed by atoms with Gasteiger partial charge in [0.1, 0.15) is 10.6 Å². The SMILES string of the molecule is Cc1cc(C)cc(NC(=O)[C@H]2CCCN(S(=O)(=O)c3c[nH]c(C(=O)N4CCC(C)CC4)c3)C2)c1. The van der Waals surface area contributed by atoms with E-state index in [9.17, 15) is 18.0 Å². The number of aromatic nitrogens is 1. The molecule has 0 aliphatic carbocycles. The van der Waals surface area contributed by atoms with E-state index < -0.39 is 15.9 Å². The van der Waals surface area contributed by atoms with Gasteiger partial charge in [-0.05, 0) is 74.8 Å². The molecule has 0 saturated carbocycles. The molecule has 2 aromatic rings. The fourth-order valence-corrected chi connectivity index (χ4v) is 6.36. The van der Waals surface area contributed by atoms with E-state index in [0.29, 0.717) is 38.4 Å². The van der Waals surface area contributed by atoms with Crippen LogP contribution in [-0.2, 0) is 14.8 Å². The normalized spacial score (nSPS) is 20.3. The Bertz CT molecular complexity index is 1150. The highest BCUT2D eigenvalue weighted by molar-refractivity contribution is 7.89. The van der Waals surface area contributed by atoms with Crippen LogP contribution in [-0.4, -0.2) is 60.6 Å². The minimum atomic E-state index is -3.82. The summed E-state index contributed by atoms with van der Waals surface area (Å²) in [6.45, 7) is 7.97. The number of piperidine rings is 2. The molecule has 0 unspecified atom stereocenters. The highest BCUT2D eigenvalue weighted by Crippen LogP contribution is 2.26. The van der Waals surface area contributed by atoms with Crippen LogP contribution in [0.3, 0.4) is 0 Å². The summed E-state index contributed by atoms with van der Waals surface area (Å²) < 4.78 is 28.0. The molecule has 0 radical (unpaired) electrons. The van der Waals surface area contributed by atoms with Gasteiger partial charge < -0.3 is 15.2 Å². The Morgan fingerprint density at radius 1 is 1.00 bits per heavy atom. The summed E-state index contributed by atoms with van der Waals surface area (Å²) in [6, 6.07) is 7.27. The van der Waals surface area contributed by atoms with Crippen LogP contribution < -0.4 is 5.32 Å². The Hall–Kier alpha value is -2.65. The summed E-state index contributed by atoms with van der Waals surface area (Å²) in [5.74, 6) is -0.172. The van der Waals surface area contributed by atoms with Crippen LogP contribution in [0.5, 0.6) is 0 Å². The zero-order valence-electron chi connectivity index (χ0n) is 20.1. The van der Waals surface area contributed by atoms with E-state index in [1.807, 2.05) is 32.0 Å². The van der Waals surface area contributed by atoms with E-state index in [4.69, 9.17) is 0 Å². The van der Waals surface area contributed by atoms with Crippen LogP contribution in [0.1, 0.15) is 54.2 Å². The van der Waals surface area contributed by atoms with Gasteiger partial charge in [-0.3, -0.25) is 9.59 Å². The monoisotopic (exact) mass is 486 g/mol. The first-order valence-electron chi connectivity index (χ1n) is 12.0. The Balaban J connectivity index is 1.43. The van der Waals surface area contributed by atoms with Gasteiger partial charge in [0.25, 0.3) is 5.91 Å². The number of carbonyl (C=O) groups is 2. The van der Waals surface area contributed by atoms with Crippen molar-refractivity contribution in [3.63, 3.8) is 0 Å². The molecule has 1 atom stereocenters. The van der Waals surface area contributed by atoms with Crippen LogP contribution in [0, 0.1) is 25.7 Å². The van der Waals surface area contributed by atoms with E-state index in [0.717, 1.165) is 29.7 Å². The Kier molecular flexibility index (Phi) is 7.14. The first-order valence-corrected chi connectivity index (χ1v) is 13.4. The van der Waals surface area contributed by atoms with Crippen LogP contribution in [0.15, 0.2) is 35.4 Å². The minimum Gasteiger partial charge on any atom is -0.356 e. The van der Waals surface area contributed by atoms with Crippen molar-refractivity contribution in [2.75, 3.05) is 31.5 Å². The Labute approximate surface area is 201 Å². The van der Waals surface area contributed by atoms with Gasteiger partial charge in [0.2, 0.25) is 15.9 Å². The third-order valence-electron chi connectivity index (χ3n) is 6.84. The predicted molar refractivity (Wildman–Crippen MR) is 131 cm³/mol. The molecule has 2 N–H and O–H groups in total. The highest BCUT2D eigenvalue weighted by Gasteiger charge is 2.34. The van der Waals surface area contributed by atoms with Gasteiger partial charge in [-0.2, -0.15) is 4.31 Å². The van der Waals surface area contributed by atoms with Crippen LogP contribution in [0.25, 0.3) is 0 Å². The molecule has 8 nitrogen and oxygen atoms in total. The second-order valence-corrected chi connectivity index (χ2v) is 11.7. The van der Waals surface area contributed by atoms with Crippen molar-refractivity contribution in [1.29, 1.82) is 0 Å². The van der Waals surface area contributed by atoms with E-state index in [1.54, 1.807) is 4.90 Å². The van der Waals surface area contributed by atoms with Gasteiger partial charge in [0.15, 0.2) is 0 Å². The van der Waals surface area contributed by atoms with Gasteiger partial charge in [-0.15, -0.1) is 0 Å². The second-order valence-electron chi connectivity index (χ2n) is 9.79. The number of H-pyrrole nitrogens is 1. The average Bonchev–Trinajstić information content (AvgIpc) is 3.30. The van der Waals surface area contributed by atoms with Crippen molar-refractivity contribution in [2.45, 2.75) is 51.3 Å². The molecule has 1 aromatic heterocycles. The second kappa shape index (κ2) is 9.92. The van der Waals surface area contributed by atoms with Gasteiger partial charge in [0.05, 0.1) is 5.92 Å². The average molecular weight is 487 g/mol. The number of sulfonamides is 1. The zero-order valence-corrected chi connectivity index (χ0v) is 21.0. The summed E-state index contributed by atoms with van der Waals surface area (Å²) in [6.07, 6.45) is 4.53. The molecule has 2 amide bonds. The molecule has 3 heterocycles. The standard InChI is InChI=1S/C25H34N4O4S/c1-17-6-9-28(10-7-17)25(31)23-14-22(15-26-23)34(32,33)29-8-4-5-20(16-29)24(30)27-21-12-18(2)11-19(3)13-21/h11-15,17,20,26H,4-10,16H2,1-3H3,(H,27,30)/t20-/m0/s1. The molecule has 0 bridgehead atoms. The summed E-state index contributed by atoms with van der Waals surface area (Å²) in [4.78, 5) is 30.4. The maximum absolute atomic E-state index is 13.3. The van der Waals surface area contributed by atoms with Gasteiger partial charge in [-0.1, -0.05) is 13.0 Å². The fraction of sp³-hybridized carbons (Fsp3) is 0.520. The summed E-state index contributed by atoms with van der Waals surface area (Å²) in [7, 11) is -3.82. The molecule has 4 rings (SSSR count). The van der Waals surface area contributed by atoms with Crippen LogP contribution in [0.2, 0.25) is 0 Å². The maximum Gasteiger partial charge on any atom is 0.270 e. The maximum atomic E-state index is 13.3. The first-order chi connectivity index (χ1) is 16.1. The number of aryl methyl sites for hydroxylation is 2. The highest BCUT2D eigenvalue weighted by atomic mass is 32.2. The number of amides is 2. The lowest BCUT2D eigenvalue weighted by Gasteiger charge is -2.31. The third kappa shape index (κ3) is 5.36. The molecular weight excluding hydrogens is 452 g/mol. The number of anilines is 1. The van der Waals surface area contributed by atoms with Crippen molar-refractivity contribution >= 4 is 27.5 Å². The number of benzene rings is 1. The van der Waals surface area contributed by atoms with Crippen molar-refractivity contribution < 1.29 is 18.0 Å². The van der Waals surface area contributed by atoms with Crippen molar-refractivity contribution in [2.24, 2.45) is 11.8 Å². The van der Waals surface area contributed by atoms with E-state index in [1.165, 1.54) is 16.6 Å². The largest absolute Gasteiger partial charge is 0.356 e. The number of aromatic amines is 1. The minimum absolute atomic E-state index is 0.0663. The molecule has 9 heteroatoms. The quantitative estimate of drug-likeness (QED) is 0.675. The molecule has 2 aliphatic heterocycles. The molecule has 2 aliphatic rings. The van der Waals surface area contributed by atoms with Crippen LogP contribution >= 0.6 is 0 Å². The number of hydrogen-bond donors (Lipinski definition) is 2. The van der Waals surface area contributed by atoms with Gasteiger partial charge >= 0.3 is 0 Å². The Morgan fingerprint density at radius 2 is 1.68 bits per heavy atom. The van der Waals surface area contributed by atoms with Crippen molar-refractivity contribution in [3.05, 3.63) is 47.3 Å². The number of likely N-dealkylation sites (tertiary alicyclic amines) is 1. The zero-order chi connectivity index (χ0) is 24.5. The lowest BCUT2D eigenvalue weighted by Crippen LogP contribution is -2.43. The lowest BCUT2D eigenvalue weighted by atomic mass is 9.98. The molecule has 2 saturated heterocycles. The number of nitrogens with zero attached hydrogens (tertiary/aromatic N) is 2. The fourth-order valence-electron chi connectivity index (χ4n) is 4.84. The molecular formula is C25H34N4O4S. The molecule has 34 heavy (non-hydrogen) atoms. The lowest BCUT2D eigenvalue weighted by molar-refractivity contribution is -0.120. The van der Waals surface area contributed by atoms with Gasteiger partial charge in [-0.25, -0.2) is 8.42 Å². The van der Waals surface area contributed by atoms with Gasteiger partial charge in [0, 0.05) is 38.1 Å². The van der Waals surface area contributed by atoms with Crippen LogP contribution in [0.4, 0.5) is 5.69 Å². The van der Waals surface area contributed by atoms with E-state index in [-0.39, 0.29) is 28.9 Å². The summed E-state index contributed by atoms with van der Waals surface area (Å²) in [5.41, 5.74) is 3.12. The summed E-state index contributed by atoms with van der Waals surface area (Å²) >= 11 is 0. The van der Waals surface area contributed by atoms with Crippen molar-refractivity contribution in [1.82, 2.24) is 14.2 Å². The number of carbonyl (C=O) groups excluding carboxylic acids is 2. The first kappa shape index (κ1) is 24.5. The number of hydrogen-bond acceptors (Lipinski definition) is 4. The van der Waals surface area contributed by atoms with Crippen molar-refractivity contribution in [3.8, 4) is 0 Å². The predicted octanol–water partition coefficient (Wildman–Crippen LogP) is 3.54. The van der Waals surface area contributed by atoms with E-state index in [2.05, 4.69) is 17.2 Å². The Morgan fingerprint density at radius 3 is 2.35 bits per heavy atom. The summed E-state index contributed by atoms with van der Waals surface area (Å²) in [5, 5.41) is 2.95. The number of nitrogens with one attached hydrogen (secondary N) is 2. The molecule has 0 spiro atoms. The topological polar surface area (TPSA) is 103 Å².